The Labute approximate surface area is 138 Å². The average molecular weight is 340 g/mol. The fraction of sp³-hybridized carbons (Fsp3) is 0.400. The molecule has 4 amide bonds. The maximum absolute atomic E-state index is 12.6. The van der Waals surface area contributed by atoms with E-state index in [0.717, 1.165) is 4.90 Å². The summed E-state index contributed by atoms with van der Waals surface area (Å²) in [5.41, 5.74) is -0.614. The second-order valence-electron chi connectivity index (χ2n) is 5.30. The van der Waals surface area contributed by atoms with Crippen LogP contribution in [0, 0.1) is 0 Å². The molecule has 1 heterocycles. The van der Waals surface area contributed by atoms with E-state index in [2.05, 4.69) is 10.6 Å². The topological polar surface area (TPSA) is 87.7 Å². The molecule has 0 saturated carbocycles. The molecule has 1 saturated heterocycles. The quantitative estimate of drug-likeness (QED) is 0.594. The van der Waals surface area contributed by atoms with E-state index in [1.54, 1.807) is 31.2 Å². The lowest BCUT2D eigenvalue weighted by Gasteiger charge is -2.22. The number of carbonyl (C=O) groups is 3. The number of nitrogens with one attached hydrogen (secondary N) is 2. The molecule has 0 spiro atoms. The maximum atomic E-state index is 12.6. The minimum atomic E-state index is -1.21. The van der Waals surface area contributed by atoms with Crippen molar-refractivity contribution in [2.45, 2.75) is 12.5 Å². The lowest BCUT2D eigenvalue weighted by molar-refractivity contribution is -0.134. The Morgan fingerprint density at radius 1 is 1.35 bits per heavy atom. The largest absolute Gasteiger partial charge is 0.383 e. The monoisotopic (exact) mass is 339 g/mol. The van der Waals surface area contributed by atoms with Gasteiger partial charge in [0, 0.05) is 18.7 Å². The van der Waals surface area contributed by atoms with Crippen molar-refractivity contribution in [1.82, 2.24) is 15.5 Å². The lowest BCUT2D eigenvalue weighted by Crippen LogP contribution is -2.43. The van der Waals surface area contributed by atoms with Crippen LogP contribution < -0.4 is 10.6 Å². The van der Waals surface area contributed by atoms with E-state index >= 15 is 0 Å². The molecule has 1 aromatic rings. The highest BCUT2D eigenvalue weighted by Gasteiger charge is 2.49. The summed E-state index contributed by atoms with van der Waals surface area (Å²) in [7, 11) is 1.52. The van der Waals surface area contributed by atoms with Gasteiger partial charge in [-0.05, 0) is 24.6 Å². The third-order valence-electron chi connectivity index (χ3n) is 3.63. The van der Waals surface area contributed by atoms with E-state index in [9.17, 15) is 14.4 Å². The van der Waals surface area contributed by atoms with Gasteiger partial charge in [0.25, 0.3) is 5.91 Å². The standard InChI is InChI=1S/C15H18ClN3O4/c1-15(10-3-5-11(16)6-4-10)13(21)19(14(22)18-15)9-12(20)17-7-8-23-2/h3-6H,7-9H2,1-2H3,(H,17,20)(H,18,22)/t15-/m0/s1. The van der Waals surface area contributed by atoms with Gasteiger partial charge in [0.05, 0.1) is 6.61 Å². The molecular weight excluding hydrogens is 322 g/mol. The van der Waals surface area contributed by atoms with Gasteiger partial charge in [-0.1, -0.05) is 23.7 Å². The predicted molar refractivity (Wildman–Crippen MR) is 83.9 cm³/mol. The molecule has 0 aromatic heterocycles. The molecule has 1 aliphatic heterocycles. The fourth-order valence-corrected chi connectivity index (χ4v) is 2.44. The number of carbonyl (C=O) groups excluding carboxylic acids is 3. The molecule has 7 nitrogen and oxygen atoms in total. The molecule has 23 heavy (non-hydrogen) atoms. The number of ether oxygens (including phenoxy) is 1. The Hall–Kier alpha value is -2.12. The average Bonchev–Trinajstić information content (AvgIpc) is 2.72. The molecular formula is C15H18ClN3O4. The van der Waals surface area contributed by atoms with Crippen LogP contribution in [0.4, 0.5) is 4.79 Å². The fourth-order valence-electron chi connectivity index (χ4n) is 2.31. The highest BCUT2D eigenvalue weighted by Crippen LogP contribution is 2.29. The number of urea groups is 1. The van der Waals surface area contributed by atoms with E-state index in [-0.39, 0.29) is 6.54 Å². The number of hydrogen-bond donors (Lipinski definition) is 2. The van der Waals surface area contributed by atoms with Crippen LogP contribution in [0.1, 0.15) is 12.5 Å². The Kier molecular flexibility index (Phi) is 5.23. The van der Waals surface area contributed by atoms with Gasteiger partial charge < -0.3 is 15.4 Å². The van der Waals surface area contributed by atoms with Crippen LogP contribution in [0.15, 0.2) is 24.3 Å². The molecule has 0 radical (unpaired) electrons. The van der Waals surface area contributed by atoms with Crippen molar-refractivity contribution in [2.24, 2.45) is 0 Å². The van der Waals surface area contributed by atoms with E-state index < -0.39 is 23.4 Å². The van der Waals surface area contributed by atoms with Gasteiger partial charge in [-0.3, -0.25) is 14.5 Å². The van der Waals surface area contributed by atoms with Gasteiger partial charge in [-0.2, -0.15) is 0 Å². The van der Waals surface area contributed by atoms with Crippen molar-refractivity contribution >= 4 is 29.4 Å². The molecule has 124 valence electrons. The van der Waals surface area contributed by atoms with Gasteiger partial charge in [0.1, 0.15) is 12.1 Å². The van der Waals surface area contributed by atoms with Crippen LogP contribution in [0.25, 0.3) is 0 Å². The summed E-state index contributed by atoms with van der Waals surface area (Å²) in [4.78, 5) is 37.4. The second-order valence-corrected chi connectivity index (χ2v) is 5.73. The van der Waals surface area contributed by atoms with Gasteiger partial charge in [0.2, 0.25) is 5.91 Å². The third-order valence-corrected chi connectivity index (χ3v) is 3.88. The molecule has 0 aliphatic carbocycles. The van der Waals surface area contributed by atoms with Crippen LogP contribution >= 0.6 is 11.6 Å². The summed E-state index contributed by atoms with van der Waals surface area (Å²) >= 11 is 5.84. The Bertz CT molecular complexity index is 620. The summed E-state index contributed by atoms with van der Waals surface area (Å²) in [6.45, 7) is 1.93. The minimum Gasteiger partial charge on any atom is -0.383 e. The zero-order valence-corrected chi connectivity index (χ0v) is 13.6. The first-order valence-corrected chi connectivity index (χ1v) is 7.42. The van der Waals surface area contributed by atoms with Crippen molar-refractivity contribution in [1.29, 1.82) is 0 Å². The summed E-state index contributed by atoms with van der Waals surface area (Å²) in [5.74, 6) is -0.905. The van der Waals surface area contributed by atoms with E-state index in [1.807, 2.05) is 0 Å². The van der Waals surface area contributed by atoms with Crippen molar-refractivity contribution in [2.75, 3.05) is 26.8 Å². The number of amides is 4. The maximum Gasteiger partial charge on any atom is 0.325 e. The highest BCUT2D eigenvalue weighted by molar-refractivity contribution is 6.30. The first kappa shape index (κ1) is 17.2. The summed E-state index contributed by atoms with van der Waals surface area (Å²) in [5, 5.41) is 5.73. The van der Waals surface area contributed by atoms with Crippen LogP contribution in [-0.2, 0) is 19.9 Å². The number of imide groups is 1. The number of benzene rings is 1. The first-order chi connectivity index (χ1) is 10.9. The number of hydrogen-bond acceptors (Lipinski definition) is 4. The van der Waals surface area contributed by atoms with Gasteiger partial charge in [-0.25, -0.2) is 4.79 Å². The molecule has 2 rings (SSSR count). The zero-order chi connectivity index (χ0) is 17.0. The van der Waals surface area contributed by atoms with Crippen molar-refractivity contribution in [3.63, 3.8) is 0 Å². The second kappa shape index (κ2) is 6.97. The zero-order valence-electron chi connectivity index (χ0n) is 12.9. The Morgan fingerprint density at radius 2 is 2.00 bits per heavy atom. The molecule has 0 bridgehead atoms. The minimum absolute atomic E-state index is 0.313. The van der Waals surface area contributed by atoms with E-state index in [4.69, 9.17) is 16.3 Å². The van der Waals surface area contributed by atoms with Gasteiger partial charge in [0.15, 0.2) is 0 Å². The molecule has 2 N–H and O–H groups in total. The van der Waals surface area contributed by atoms with Crippen molar-refractivity contribution in [3.05, 3.63) is 34.9 Å². The number of methoxy groups -OCH3 is 1. The highest BCUT2D eigenvalue weighted by atomic mass is 35.5. The number of halogens is 1. The van der Waals surface area contributed by atoms with Crippen LogP contribution in [-0.4, -0.2) is 49.6 Å². The smallest absolute Gasteiger partial charge is 0.325 e. The summed E-state index contributed by atoms with van der Waals surface area (Å²) < 4.78 is 4.82. The SMILES string of the molecule is COCCNC(=O)CN1C(=O)N[C@@](C)(c2ccc(Cl)cc2)C1=O. The Balaban J connectivity index is 2.10. The number of rotatable bonds is 6. The molecule has 1 aliphatic rings. The molecule has 1 fully saturated rings. The van der Waals surface area contributed by atoms with Crippen molar-refractivity contribution in [3.8, 4) is 0 Å². The normalized spacial score (nSPS) is 20.6. The molecule has 1 atom stereocenters. The molecule has 0 unspecified atom stereocenters. The Morgan fingerprint density at radius 3 is 2.61 bits per heavy atom. The summed E-state index contributed by atoms with van der Waals surface area (Å²) in [6.07, 6.45) is 0. The summed E-state index contributed by atoms with van der Waals surface area (Å²) in [6, 6.07) is 6.02. The lowest BCUT2D eigenvalue weighted by atomic mass is 9.92. The molecule has 8 heteroatoms. The van der Waals surface area contributed by atoms with Crippen LogP contribution in [0.2, 0.25) is 5.02 Å². The van der Waals surface area contributed by atoms with Crippen molar-refractivity contribution < 1.29 is 19.1 Å². The number of nitrogens with zero attached hydrogens (tertiary/aromatic N) is 1. The van der Waals surface area contributed by atoms with Crippen LogP contribution in [0.5, 0.6) is 0 Å². The third kappa shape index (κ3) is 3.62. The van der Waals surface area contributed by atoms with Crippen LogP contribution in [0.3, 0.4) is 0 Å². The first-order valence-electron chi connectivity index (χ1n) is 7.04. The predicted octanol–water partition coefficient (Wildman–Crippen LogP) is 0.870. The van der Waals surface area contributed by atoms with E-state index in [0.29, 0.717) is 23.7 Å². The van der Waals surface area contributed by atoms with Gasteiger partial charge >= 0.3 is 6.03 Å². The molecule has 1 aromatic carbocycles. The van der Waals surface area contributed by atoms with E-state index in [1.165, 1.54) is 7.11 Å². The van der Waals surface area contributed by atoms with Gasteiger partial charge in [-0.15, -0.1) is 0 Å².